The summed E-state index contributed by atoms with van der Waals surface area (Å²) in [5.41, 5.74) is 0. The fraction of sp³-hybridized carbons (Fsp3) is 0.940. The molecule has 0 aromatic carbocycles. The number of esters is 1. The number of unbranched alkanes of at least 4 members (excludes halogenated alkanes) is 18. The van der Waals surface area contributed by atoms with Crippen molar-refractivity contribution in [1.29, 1.82) is 0 Å². The van der Waals surface area contributed by atoms with Gasteiger partial charge in [-0.15, -0.1) is 0 Å². The Balaban J connectivity index is 0. The van der Waals surface area contributed by atoms with Crippen LogP contribution in [0.15, 0.2) is 0 Å². The van der Waals surface area contributed by atoms with Gasteiger partial charge < -0.3 is 19.6 Å². The zero-order chi connectivity index (χ0) is 42.6. The molecular weight excluding hydrogens is 709 g/mol. The normalized spacial score (nSPS) is 12.0. The van der Waals surface area contributed by atoms with Crippen LogP contribution in [-0.2, 0) is 23.9 Å². The fourth-order valence-corrected chi connectivity index (χ4v) is 7.54. The van der Waals surface area contributed by atoms with E-state index in [1.807, 2.05) is 7.05 Å². The van der Waals surface area contributed by atoms with Gasteiger partial charge in [-0.1, -0.05) is 182 Å². The number of rotatable bonds is 42. The predicted molar refractivity (Wildman–Crippen MR) is 246 cm³/mol. The van der Waals surface area contributed by atoms with Crippen molar-refractivity contribution < 1.29 is 23.9 Å². The van der Waals surface area contributed by atoms with Crippen LogP contribution in [0.4, 0.5) is 0 Å². The van der Waals surface area contributed by atoms with Crippen LogP contribution in [-0.4, -0.2) is 69.1 Å². The molecule has 340 valence electrons. The third-order valence-electron chi connectivity index (χ3n) is 11.7. The van der Waals surface area contributed by atoms with E-state index in [0.29, 0.717) is 43.5 Å². The number of nitrogens with zero attached hydrogens (tertiary/aromatic N) is 1. The summed E-state index contributed by atoms with van der Waals surface area (Å²) in [7, 11) is 3.81. The molecule has 1 amide bonds. The number of carbonyl (C=O) groups excluding carboxylic acids is 3. The SMILES string of the molecule is CCCCC(CC=O)CCCC.CCCCC(CCCC)CC(=O)OCCCCCCCCCCC(CCCCCCCCCCOC)NC(=O)CN(C)C(C)C. The van der Waals surface area contributed by atoms with Crippen LogP contribution in [0, 0.1) is 11.8 Å². The van der Waals surface area contributed by atoms with Gasteiger partial charge in [0.05, 0.1) is 13.2 Å². The second-order valence-corrected chi connectivity index (χ2v) is 17.6. The summed E-state index contributed by atoms with van der Waals surface area (Å²) in [6, 6.07) is 0.686. The first-order valence-corrected chi connectivity index (χ1v) is 24.8. The van der Waals surface area contributed by atoms with Gasteiger partial charge in [0.15, 0.2) is 0 Å². The van der Waals surface area contributed by atoms with E-state index in [1.54, 1.807) is 7.11 Å². The highest BCUT2D eigenvalue weighted by Gasteiger charge is 2.16. The zero-order valence-electron chi connectivity index (χ0n) is 39.6. The Labute approximate surface area is 356 Å². The van der Waals surface area contributed by atoms with Gasteiger partial charge in [0, 0.05) is 38.6 Å². The predicted octanol–water partition coefficient (Wildman–Crippen LogP) is 14.0. The molecule has 0 aliphatic heterocycles. The molecule has 0 spiro atoms. The highest BCUT2D eigenvalue weighted by atomic mass is 16.5. The fourth-order valence-electron chi connectivity index (χ4n) is 7.54. The maximum atomic E-state index is 12.7. The minimum absolute atomic E-state index is 0.0121. The van der Waals surface area contributed by atoms with E-state index in [9.17, 15) is 14.4 Å². The van der Waals surface area contributed by atoms with Crippen LogP contribution in [0.5, 0.6) is 0 Å². The van der Waals surface area contributed by atoms with E-state index in [-0.39, 0.29) is 11.9 Å². The molecule has 0 aliphatic carbocycles. The maximum absolute atomic E-state index is 12.7. The third-order valence-corrected chi connectivity index (χ3v) is 11.7. The van der Waals surface area contributed by atoms with Crippen molar-refractivity contribution in [2.24, 2.45) is 11.8 Å². The molecule has 0 aliphatic rings. The minimum atomic E-state index is 0.0121. The van der Waals surface area contributed by atoms with E-state index in [2.05, 4.69) is 51.8 Å². The van der Waals surface area contributed by atoms with Gasteiger partial charge in [-0.05, 0) is 71.3 Å². The smallest absolute Gasteiger partial charge is 0.306 e. The molecule has 0 rings (SSSR count). The van der Waals surface area contributed by atoms with Crippen LogP contribution < -0.4 is 5.32 Å². The van der Waals surface area contributed by atoms with E-state index < -0.39 is 0 Å². The molecule has 1 N–H and O–H groups in total. The van der Waals surface area contributed by atoms with Crippen LogP contribution in [0.1, 0.15) is 247 Å². The number of hydrogen-bond donors (Lipinski definition) is 1. The summed E-state index contributed by atoms with van der Waals surface area (Å²) < 4.78 is 10.7. The van der Waals surface area contributed by atoms with Crippen LogP contribution in [0.3, 0.4) is 0 Å². The van der Waals surface area contributed by atoms with E-state index in [1.165, 1.54) is 154 Å². The molecule has 7 heteroatoms. The number of ether oxygens (including phenoxy) is 2. The average molecular weight is 809 g/mol. The largest absolute Gasteiger partial charge is 0.466 e. The summed E-state index contributed by atoms with van der Waals surface area (Å²) in [4.78, 5) is 37.5. The molecule has 0 fully saturated rings. The molecule has 0 aromatic heterocycles. The van der Waals surface area contributed by atoms with Crippen molar-refractivity contribution >= 4 is 18.2 Å². The Morgan fingerprint density at radius 1 is 0.561 bits per heavy atom. The first-order valence-electron chi connectivity index (χ1n) is 24.8. The van der Waals surface area contributed by atoms with Crippen molar-refractivity contribution in [3.63, 3.8) is 0 Å². The molecule has 0 heterocycles. The average Bonchev–Trinajstić information content (AvgIpc) is 3.19. The topological polar surface area (TPSA) is 84.9 Å². The van der Waals surface area contributed by atoms with Gasteiger partial charge in [0.25, 0.3) is 0 Å². The van der Waals surface area contributed by atoms with Gasteiger partial charge in [-0.25, -0.2) is 0 Å². The summed E-state index contributed by atoms with van der Waals surface area (Å²) in [6.07, 6.45) is 39.2. The Kier molecular flexibility index (Phi) is 46.1. The van der Waals surface area contributed by atoms with Gasteiger partial charge in [0.1, 0.15) is 6.29 Å². The first-order chi connectivity index (χ1) is 27.7. The number of aldehydes is 1. The lowest BCUT2D eigenvalue weighted by Gasteiger charge is -2.23. The highest BCUT2D eigenvalue weighted by Crippen LogP contribution is 2.21. The van der Waals surface area contributed by atoms with Crippen molar-refractivity contribution in [2.45, 2.75) is 259 Å². The number of carbonyl (C=O) groups is 3. The Morgan fingerprint density at radius 3 is 1.37 bits per heavy atom. The molecule has 0 saturated heterocycles. The second-order valence-electron chi connectivity index (χ2n) is 17.6. The first kappa shape index (κ1) is 57.6. The Morgan fingerprint density at radius 2 is 0.965 bits per heavy atom. The molecule has 0 bridgehead atoms. The molecule has 0 radical (unpaired) electrons. The standard InChI is InChI=1S/C39H78N2O4.C11H22O/c1-7-9-27-36(28-10-8-2)33-39(43)45-32-26-22-18-14-12-16-20-24-30-37(40-38(42)34-41(5)35(3)4)29-23-19-15-11-13-17-21-25-31-44-6;1-3-5-7-11(9-10-12)8-6-4-2/h35-37H,7-34H2,1-6H3,(H,40,42);10-11H,3-9H2,1-2H3. The van der Waals surface area contributed by atoms with Crippen LogP contribution in [0.25, 0.3) is 0 Å². The Bertz CT molecular complexity index is 837. The third kappa shape index (κ3) is 42.5. The summed E-state index contributed by atoms with van der Waals surface area (Å²) in [5, 5.41) is 3.37. The molecule has 1 atom stereocenters. The molecule has 0 saturated carbocycles. The lowest BCUT2D eigenvalue weighted by atomic mass is 9.93. The van der Waals surface area contributed by atoms with Gasteiger partial charge in [-0.3, -0.25) is 14.5 Å². The molecule has 0 aromatic rings. The summed E-state index contributed by atoms with van der Waals surface area (Å²) in [5.74, 6) is 1.36. The number of amides is 1. The van der Waals surface area contributed by atoms with Gasteiger partial charge in [-0.2, -0.15) is 0 Å². The lowest BCUT2D eigenvalue weighted by molar-refractivity contribution is -0.145. The minimum Gasteiger partial charge on any atom is -0.466 e. The van der Waals surface area contributed by atoms with E-state index >= 15 is 0 Å². The number of likely N-dealkylation sites (N-methyl/N-ethyl adjacent to an activating group) is 1. The maximum Gasteiger partial charge on any atom is 0.306 e. The van der Waals surface area contributed by atoms with Crippen molar-refractivity contribution in [3.8, 4) is 0 Å². The van der Waals surface area contributed by atoms with Crippen LogP contribution in [0.2, 0.25) is 0 Å². The van der Waals surface area contributed by atoms with Crippen molar-refractivity contribution in [1.82, 2.24) is 10.2 Å². The zero-order valence-corrected chi connectivity index (χ0v) is 39.6. The highest BCUT2D eigenvalue weighted by molar-refractivity contribution is 5.78. The van der Waals surface area contributed by atoms with Crippen molar-refractivity contribution in [3.05, 3.63) is 0 Å². The molecule has 57 heavy (non-hydrogen) atoms. The van der Waals surface area contributed by atoms with Crippen LogP contribution >= 0.6 is 0 Å². The molecule has 1 unspecified atom stereocenters. The Hall–Kier alpha value is -1.47. The second kappa shape index (κ2) is 45.6. The van der Waals surface area contributed by atoms with Gasteiger partial charge in [0.2, 0.25) is 5.91 Å². The molecular formula is C50H100N2O5. The monoisotopic (exact) mass is 809 g/mol. The molecule has 7 nitrogen and oxygen atoms in total. The van der Waals surface area contributed by atoms with E-state index in [4.69, 9.17) is 9.47 Å². The lowest BCUT2D eigenvalue weighted by Crippen LogP contribution is -2.42. The summed E-state index contributed by atoms with van der Waals surface area (Å²) >= 11 is 0. The van der Waals surface area contributed by atoms with Gasteiger partial charge >= 0.3 is 5.97 Å². The number of hydrogen-bond acceptors (Lipinski definition) is 6. The number of nitrogens with one attached hydrogen (secondary N) is 1. The quantitative estimate of drug-likeness (QED) is 0.0376. The van der Waals surface area contributed by atoms with E-state index in [0.717, 1.165) is 57.8 Å². The van der Waals surface area contributed by atoms with Crippen molar-refractivity contribution in [2.75, 3.05) is 33.9 Å². The number of methoxy groups -OCH3 is 1. The summed E-state index contributed by atoms with van der Waals surface area (Å²) in [6.45, 7) is 15.1.